The molecule has 1 aliphatic heterocycles. The van der Waals surface area contributed by atoms with Gasteiger partial charge in [0.15, 0.2) is 14.0 Å². The molecule has 1 aliphatic carbocycles. The summed E-state index contributed by atoms with van der Waals surface area (Å²) in [5.74, 6) is 2.91. The highest BCUT2D eigenvalue weighted by molar-refractivity contribution is 6.77. The lowest BCUT2D eigenvalue weighted by Gasteiger charge is -2.42. The van der Waals surface area contributed by atoms with Gasteiger partial charge in [-0.25, -0.2) is 9.48 Å². The molecule has 1 fully saturated rings. The molecule has 0 saturated carbocycles. The third kappa shape index (κ3) is 9.09. The van der Waals surface area contributed by atoms with Crippen LogP contribution < -0.4 is 20.3 Å². The number of hydrogen-bond donors (Lipinski definition) is 2. The molecule has 0 spiro atoms. The Balaban J connectivity index is 0.990. The van der Waals surface area contributed by atoms with Crippen molar-refractivity contribution < 1.29 is 14.0 Å². The van der Waals surface area contributed by atoms with Crippen LogP contribution in [0.5, 0.6) is 5.75 Å². The van der Waals surface area contributed by atoms with Crippen LogP contribution in [-0.2, 0) is 9.84 Å². The summed E-state index contributed by atoms with van der Waals surface area (Å²) in [6.07, 6.45) is 6.70. The number of amides is 2. The average molecular weight is 819 g/mol. The Morgan fingerprint density at radius 1 is 0.864 bits per heavy atom. The van der Waals surface area contributed by atoms with Crippen LogP contribution in [0, 0.1) is 12.8 Å². The van der Waals surface area contributed by atoms with Gasteiger partial charge in [0, 0.05) is 31.2 Å². The Kier molecular flexibility index (Phi) is 12.6. The number of piperidine rings is 1. The first kappa shape index (κ1) is 42.4. The highest BCUT2D eigenvalue weighted by Crippen LogP contribution is 2.43. The van der Waals surface area contributed by atoms with Gasteiger partial charge in [0.2, 0.25) is 5.95 Å². The van der Waals surface area contributed by atoms with Gasteiger partial charge in [0.1, 0.15) is 17.7 Å². The number of aromatic nitrogens is 5. The van der Waals surface area contributed by atoms with Gasteiger partial charge in [0.05, 0.1) is 23.6 Å². The van der Waals surface area contributed by atoms with Crippen LogP contribution in [0.4, 0.5) is 16.6 Å². The van der Waals surface area contributed by atoms with E-state index in [4.69, 9.17) is 14.3 Å². The molecule has 12 heteroatoms. The molecule has 4 heterocycles. The number of hydrogen-bond acceptors (Lipinski definition) is 7. The van der Waals surface area contributed by atoms with E-state index in [1.54, 1.807) is 0 Å². The molecule has 11 nitrogen and oxygen atoms in total. The van der Waals surface area contributed by atoms with E-state index in [0.29, 0.717) is 28.4 Å². The minimum Gasteiger partial charge on any atom is -0.484 e. The Hall–Kier alpha value is -4.68. The van der Waals surface area contributed by atoms with Crippen LogP contribution in [0.1, 0.15) is 129 Å². The van der Waals surface area contributed by atoms with Gasteiger partial charge in [-0.3, -0.25) is 9.72 Å². The summed E-state index contributed by atoms with van der Waals surface area (Å²) in [5, 5.41) is 20.4. The Morgan fingerprint density at radius 3 is 2.20 bits per heavy atom. The Morgan fingerprint density at radius 2 is 1.54 bits per heavy atom. The maximum absolute atomic E-state index is 13.7. The number of aryl methyl sites for hydroxylation is 1. The fourth-order valence-corrected chi connectivity index (χ4v) is 15.2. The summed E-state index contributed by atoms with van der Waals surface area (Å²) in [6.45, 7) is 25.4. The minimum atomic E-state index is -1.85. The molecule has 59 heavy (non-hydrogen) atoms. The molecular formula is C47H66N8O3Si. The van der Waals surface area contributed by atoms with Crippen LogP contribution in [0.15, 0.2) is 72.9 Å². The summed E-state index contributed by atoms with van der Waals surface area (Å²) < 4.78 is 17.5. The van der Waals surface area contributed by atoms with Gasteiger partial charge in [-0.15, -0.1) is 10.2 Å². The van der Waals surface area contributed by atoms with E-state index < -0.39 is 8.32 Å². The first-order valence-electron chi connectivity index (χ1n) is 21.9. The average Bonchev–Trinajstić information content (AvgIpc) is 3.82. The summed E-state index contributed by atoms with van der Waals surface area (Å²) in [5.41, 5.74) is 7.54. The molecule has 2 amide bonds. The van der Waals surface area contributed by atoms with E-state index in [1.807, 2.05) is 53.3 Å². The molecule has 0 bridgehead atoms. The zero-order valence-corrected chi connectivity index (χ0v) is 38.0. The van der Waals surface area contributed by atoms with Crippen molar-refractivity contribution in [3.8, 4) is 11.4 Å². The summed E-state index contributed by atoms with van der Waals surface area (Å²) in [6, 6.07) is 21.9. The van der Waals surface area contributed by atoms with Crippen LogP contribution >= 0.6 is 0 Å². The highest BCUT2D eigenvalue weighted by atomic mass is 28.4. The molecule has 2 N–H and O–H groups in total. The fourth-order valence-electron chi connectivity index (χ4n) is 9.69. The SMILES string of the molecule is Cc1ccc(-n2nc(C(C)(C)C)cc2NC(=O)N[C@H]2CC[C@@H](Oc3ccc4nnc(N5CCC(CCO[Si](C(C)C)(C(C)C)C(C)C)CC5)n4c3)c3ccccc32)cc1. The van der Waals surface area contributed by atoms with Gasteiger partial charge in [-0.1, -0.05) is 104 Å². The lowest BCUT2D eigenvalue weighted by atomic mass is 9.85. The maximum atomic E-state index is 13.7. The van der Waals surface area contributed by atoms with E-state index in [2.05, 4.69) is 124 Å². The molecule has 0 radical (unpaired) electrons. The normalized spacial score (nSPS) is 17.9. The minimum absolute atomic E-state index is 0.163. The van der Waals surface area contributed by atoms with E-state index in [0.717, 1.165) is 97.2 Å². The van der Waals surface area contributed by atoms with Crippen LogP contribution in [0.3, 0.4) is 0 Å². The predicted octanol–water partition coefficient (Wildman–Crippen LogP) is 11.1. The molecule has 2 aliphatic rings. The zero-order valence-electron chi connectivity index (χ0n) is 37.0. The fraction of sp³-hybridized carbons (Fsp3) is 0.532. The summed E-state index contributed by atoms with van der Waals surface area (Å²) >= 11 is 0. The van der Waals surface area contributed by atoms with E-state index in [9.17, 15) is 4.79 Å². The third-order valence-electron chi connectivity index (χ3n) is 12.9. The lowest BCUT2D eigenvalue weighted by Crippen LogP contribution is -2.48. The number of carbonyl (C=O) groups excluding carboxylic acids is 1. The molecule has 0 unspecified atom stereocenters. The van der Waals surface area contributed by atoms with Gasteiger partial charge in [-0.05, 0) is 97.0 Å². The summed E-state index contributed by atoms with van der Waals surface area (Å²) in [7, 11) is -1.85. The van der Waals surface area contributed by atoms with Crippen LogP contribution in [-0.4, -0.2) is 58.4 Å². The number of ether oxygens (including phenoxy) is 1. The molecule has 316 valence electrons. The molecule has 2 atom stereocenters. The highest BCUT2D eigenvalue weighted by Gasteiger charge is 2.45. The van der Waals surface area contributed by atoms with Crippen molar-refractivity contribution in [2.45, 2.75) is 136 Å². The van der Waals surface area contributed by atoms with Crippen molar-refractivity contribution in [3.63, 3.8) is 0 Å². The molecule has 1 saturated heterocycles. The second-order valence-corrected chi connectivity index (χ2v) is 24.3. The second kappa shape index (κ2) is 17.5. The number of benzene rings is 2. The van der Waals surface area contributed by atoms with Gasteiger partial charge >= 0.3 is 6.03 Å². The van der Waals surface area contributed by atoms with Crippen molar-refractivity contribution in [3.05, 3.63) is 95.3 Å². The molecule has 2 aromatic carbocycles. The van der Waals surface area contributed by atoms with E-state index in [-0.39, 0.29) is 23.6 Å². The summed E-state index contributed by atoms with van der Waals surface area (Å²) in [4.78, 5) is 16.0. The first-order valence-corrected chi connectivity index (χ1v) is 24.0. The number of rotatable bonds is 13. The Labute approximate surface area is 352 Å². The maximum Gasteiger partial charge on any atom is 0.320 e. The van der Waals surface area contributed by atoms with Gasteiger partial charge in [0.25, 0.3) is 0 Å². The first-order chi connectivity index (χ1) is 28.1. The van der Waals surface area contributed by atoms with Gasteiger partial charge in [-0.2, -0.15) is 5.10 Å². The number of pyridine rings is 1. The monoisotopic (exact) mass is 819 g/mol. The van der Waals surface area contributed by atoms with Crippen molar-refractivity contribution in [2.24, 2.45) is 5.92 Å². The largest absolute Gasteiger partial charge is 0.484 e. The van der Waals surface area contributed by atoms with Gasteiger partial charge < -0.3 is 19.4 Å². The van der Waals surface area contributed by atoms with Crippen LogP contribution in [0.25, 0.3) is 11.3 Å². The van der Waals surface area contributed by atoms with E-state index >= 15 is 0 Å². The topological polar surface area (TPSA) is 111 Å². The number of fused-ring (bicyclic) bond motifs is 2. The number of anilines is 2. The molecule has 5 aromatic rings. The number of nitrogens with zero attached hydrogens (tertiary/aromatic N) is 6. The smallest absolute Gasteiger partial charge is 0.320 e. The number of nitrogens with one attached hydrogen (secondary N) is 2. The quantitative estimate of drug-likeness (QED) is 0.114. The van der Waals surface area contributed by atoms with Crippen molar-refractivity contribution >= 4 is 31.8 Å². The molecular weight excluding hydrogens is 753 g/mol. The number of urea groups is 1. The lowest BCUT2D eigenvalue weighted by molar-refractivity contribution is 0.171. The third-order valence-corrected chi connectivity index (χ3v) is 19.0. The molecule has 3 aromatic heterocycles. The van der Waals surface area contributed by atoms with Crippen molar-refractivity contribution in [1.82, 2.24) is 29.7 Å². The van der Waals surface area contributed by atoms with Crippen LogP contribution in [0.2, 0.25) is 16.6 Å². The predicted molar refractivity (Wildman–Crippen MR) is 240 cm³/mol. The van der Waals surface area contributed by atoms with E-state index in [1.165, 1.54) is 0 Å². The molecule has 7 rings (SSSR count). The Bertz CT molecular complexity index is 2170. The standard InChI is InChI=1S/C47H66N8O3Si/c1-31(2)59(32(3)4,33(5)6)57-28-25-35-23-26-53(27-24-35)46-51-50-43-22-19-37(30-54(43)46)58-41-21-20-40(38-13-11-12-14-39(38)41)48-45(56)49-44-29-42(47(8,9)10)52-55(44)36-17-15-34(7)16-18-36/h11-19,22,29-33,35,40-41H,20-21,23-28H2,1-10H3,(H2,48,49,56)/t40-,41+/m0/s1. The number of carbonyl (C=O) groups is 1. The zero-order chi connectivity index (χ0) is 42.1. The second-order valence-electron chi connectivity index (χ2n) is 18.9. The van der Waals surface area contributed by atoms with Crippen molar-refractivity contribution in [2.75, 3.05) is 29.9 Å². The van der Waals surface area contributed by atoms with Crippen molar-refractivity contribution in [1.29, 1.82) is 0 Å².